The molecule has 0 saturated heterocycles. The maximum Gasteiger partial charge on any atom is 0.196 e. The zero-order chi connectivity index (χ0) is 15.0. The molecular formula is C15H12Br2ClN3. The van der Waals surface area contributed by atoms with Crippen LogP contribution in [0, 0.1) is 0 Å². The third-order valence-corrected chi connectivity index (χ3v) is 4.86. The predicted octanol–water partition coefficient (Wildman–Crippen LogP) is 4.74. The van der Waals surface area contributed by atoms with E-state index in [1.807, 2.05) is 47.4 Å². The second-order valence-corrected chi connectivity index (χ2v) is 6.93. The lowest BCUT2D eigenvalue weighted by Crippen LogP contribution is -2.36. The van der Waals surface area contributed by atoms with Gasteiger partial charge in [0.2, 0.25) is 0 Å². The lowest BCUT2D eigenvalue weighted by Gasteiger charge is -2.27. The first-order chi connectivity index (χ1) is 10.1. The quantitative estimate of drug-likeness (QED) is 0.749. The molecule has 0 aliphatic carbocycles. The van der Waals surface area contributed by atoms with Gasteiger partial charge in [0.1, 0.15) is 0 Å². The molecule has 0 radical (unpaired) electrons. The highest BCUT2D eigenvalue weighted by Gasteiger charge is 2.30. The summed E-state index contributed by atoms with van der Waals surface area (Å²) in [5.41, 5.74) is 8.21. The molecule has 3 nitrogen and oxygen atoms in total. The van der Waals surface area contributed by atoms with Crippen molar-refractivity contribution in [2.45, 2.75) is 6.04 Å². The monoisotopic (exact) mass is 427 g/mol. The molecule has 0 aromatic heterocycles. The molecule has 2 N–H and O–H groups in total. The van der Waals surface area contributed by atoms with E-state index in [-0.39, 0.29) is 6.04 Å². The third kappa shape index (κ3) is 2.96. The lowest BCUT2D eigenvalue weighted by molar-refractivity contribution is 0.765. The van der Waals surface area contributed by atoms with Gasteiger partial charge >= 0.3 is 0 Å². The second kappa shape index (κ2) is 5.99. The first kappa shape index (κ1) is 14.9. The summed E-state index contributed by atoms with van der Waals surface area (Å²) in [6.45, 7) is 0.627. The van der Waals surface area contributed by atoms with Crippen molar-refractivity contribution in [1.82, 2.24) is 0 Å². The number of halogens is 3. The molecule has 1 aliphatic heterocycles. The summed E-state index contributed by atoms with van der Waals surface area (Å²) in [5, 5.41) is 0.702. The van der Waals surface area contributed by atoms with E-state index in [4.69, 9.17) is 17.3 Å². The minimum absolute atomic E-state index is 0.0674. The topological polar surface area (TPSA) is 41.6 Å². The molecule has 0 bridgehead atoms. The number of anilines is 1. The Morgan fingerprint density at radius 3 is 2.52 bits per heavy atom. The van der Waals surface area contributed by atoms with Crippen LogP contribution in [-0.4, -0.2) is 12.5 Å². The van der Waals surface area contributed by atoms with Crippen molar-refractivity contribution in [3.8, 4) is 0 Å². The Bertz CT molecular complexity index is 701. The van der Waals surface area contributed by atoms with Gasteiger partial charge < -0.3 is 10.6 Å². The molecule has 3 rings (SSSR count). The molecule has 0 amide bonds. The molecule has 1 atom stereocenters. The number of hydrogen-bond donors (Lipinski definition) is 1. The van der Waals surface area contributed by atoms with E-state index in [9.17, 15) is 0 Å². The van der Waals surface area contributed by atoms with Crippen molar-refractivity contribution >= 4 is 55.1 Å². The summed E-state index contributed by atoms with van der Waals surface area (Å²) in [4.78, 5) is 6.43. The highest BCUT2D eigenvalue weighted by molar-refractivity contribution is 9.10. The van der Waals surface area contributed by atoms with Crippen LogP contribution in [0.4, 0.5) is 5.69 Å². The van der Waals surface area contributed by atoms with Gasteiger partial charge in [-0.05, 0) is 42.0 Å². The van der Waals surface area contributed by atoms with Crippen LogP contribution in [-0.2, 0) is 0 Å². The highest BCUT2D eigenvalue weighted by atomic mass is 79.9. The van der Waals surface area contributed by atoms with Crippen molar-refractivity contribution in [2.75, 3.05) is 11.4 Å². The van der Waals surface area contributed by atoms with E-state index >= 15 is 0 Å². The number of guanidine groups is 1. The Kier molecular flexibility index (Phi) is 4.24. The summed E-state index contributed by atoms with van der Waals surface area (Å²) in [6, 6.07) is 13.9. The van der Waals surface area contributed by atoms with E-state index < -0.39 is 0 Å². The van der Waals surface area contributed by atoms with Crippen molar-refractivity contribution in [3.05, 3.63) is 62.0 Å². The summed E-state index contributed by atoms with van der Waals surface area (Å²) in [7, 11) is 0. The summed E-state index contributed by atoms with van der Waals surface area (Å²) < 4.78 is 2.00. The SMILES string of the molecule is NC1=NCC(c2ccc(Cl)cc2Br)N1c1ccc(Br)cc1. The summed E-state index contributed by atoms with van der Waals surface area (Å²) in [6.07, 6.45) is 0. The smallest absolute Gasteiger partial charge is 0.196 e. The van der Waals surface area contributed by atoms with E-state index in [1.54, 1.807) is 0 Å². The van der Waals surface area contributed by atoms with Crippen LogP contribution in [0.1, 0.15) is 11.6 Å². The van der Waals surface area contributed by atoms with Crippen LogP contribution in [0.15, 0.2) is 56.4 Å². The van der Waals surface area contributed by atoms with Gasteiger partial charge in [0, 0.05) is 19.7 Å². The Labute approximate surface area is 145 Å². The maximum atomic E-state index is 6.08. The number of aliphatic imine (C=N–C) groups is 1. The standard InChI is InChI=1S/C15H12Br2ClN3/c16-9-1-4-11(5-2-9)21-14(8-20-15(21)19)12-6-3-10(18)7-13(12)17/h1-7,14H,8H2,(H2,19,20). The Balaban J connectivity index is 2.00. The Hall–Kier alpha value is -1.04. The van der Waals surface area contributed by atoms with E-state index in [0.717, 1.165) is 20.2 Å². The average molecular weight is 430 g/mol. The van der Waals surface area contributed by atoms with Gasteiger partial charge in [0.15, 0.2) is 5.96 Å². The van der Waals surface area contributed by atoms with Crippen molar-refractivity contribution < 1.29 is 0 Å². The zero-order valence-corrected chi connectivity index (χ0v) is 14.9. The van der Waals surface area contributed by atoms with Crippen molar-refractivity contribution in [1.29, 1.82) is 0 Å². The number of nitrogens with two attached hydrogens (primary N) is 1. The number of nitrogens with zero attached hydrogens (tertiary/aromatic N) is 2. The first-order valence-electron chi connectivity index (χ1n) is 6.36. The third-order valence-electron chi connectivity index (χ3n) is 3.41. The molecule has 0 fully saturated rings. The molecule has 1 heterocycles. The van der Waals surface area contributed by atoms with Crippen LogP contribution < -0.4 is 10.6 Å². The fourth-order valence-electron chi connectivity index (χ4n) is 2.42. The predicted molar refractivity (Wildman–Crippen MR) is 95.0 cm³/mol. The van der Waals surface area contributed by atoms with Gasteiger partial charge in [-0.1, -0.05) is 49.5 Å². The fourth-order valence-corrected chi connectivity index (χ4v) is 3.63. The minimum Gasteiger partial charge on any atom is -0.369 e. The fraction of sp³-hybridized carbons (Fsp3) is 0.133. The number of rotatable bonds is 2. The summed E-state index contributed by atoms with van der Waals surface area (Å²) >= 11 is 13.0. The average Bonchev–Trinajstić information content (AvgIpc) is 2.82. The van der Waals surface area contributed by atoms with Crippen LogP contribution >= 0.6 is 43.5 Å². The molecule has 6 heteroatoms. The van der Waals surface area contributed by atoms with Gasteiger partial charge in [-0.25, -0.2) is 0 Å². The summed E-state index contributed by atoms with van der Waals surface area (Å²) in [5.74, 6) is 0.532. The second-order valence-electron chi connectivity index (χ2n) is 4.73. The molecular weight excluding hydrogens is 417 g/mol. The molecule has 0 spiro atoms. The van der Waals surface area contributed by atoms with Crippen LogP contribution in [0.2, 0.25) is 5.02 Å². The Morgan fingerprint density at radius 2 is 1.86 bits per heavy atom. The van der Waals surface area contributed by atoms with E-state index in [1.165, 1.54) is 0 Å². The number of hydrogen-bond acceptors (Lipinski definition) is 3. The van der Waals surface area contributed by atoms with Gasteiger partial charge in [-0.15, -0.1) is 0 Å². The van der Waals surface area contributed by atoms with Crippen LogP contribution in [0.5, 0.6) is 0 Å². The van der Waals surface area contributed by atoms with Gasteiger partial charge in [0.25, 0.3) is 0 Å². The molecule has 2 aromatic rings. The van der Waals surface area contributed by atoms with Gasteiger partial charge in [0.05, 0.1) is 12.6 Å². The molecule has 1 unspecified atom stereocenters. The maximum absolute atomic E-state index is 6.08. The first-order valence-corrected chi connectivity index (χ1v) is 8.32. The normalized spacial score (nSPS) is 18.0. The van der Waals surface area contributed by atoms with Crippen molar-refractivity contribution in [3.63, 3.8) is 0 Å². The van der Waals surface area contributed by atoms with Crippen LogP contribution in [0.25, 0.3) is 0 Å². The number of benzene rings is 2. The van der Waals surface area contributed by atoms with Gasteiger partial charge in [-0.3, -0.25) is 4.99 Å². The Morgan fingerprint density at radius 1 is 1.14 bits per heavy atom. The molecule has 21 heavy (non-hydrogen) atoms. The zero-order valence-electron chi connectivity index (χ0n) is 10.9. The molecule has 108 valence electrons. The molecule has 0 saturated carbocycles. The highest BCUT2D eigenvalue weighted by Crippen LogP contribution is 2.36. The largest absolute Gasteiger partial charge is 0.369 e. The minimum atomic E-state index is 0.0674. The molecule has 1 aliphatic rings. The van der Waals surface area contributed by atoms with Crippen LogP contribution in [0.3, 0.4) is 0 Å². The van der Waals surface area contributed by atoms with Gasteiger partial charge in [-0.2, -0.15) is 0 Å². The lowest BCUT2D eigenvalue weighted by atomic mass is 10.1. The molecule has 2 aromatic carbocycles. The van der Waals surface area contributed by atoms with Crippen molar-refractivity contribution in [2.24, 2.45) is 10.7 Å². The van der Waals surface area contributed by atoms with E-state index in [2.05, 4.69) is 36.9 Å². The van der Waals surface area contributed by atoms with E-state index in [0.29, 0.717) is 17.5 Å².